The summed E-state index contributed by atoms with van der Waals surface area (Å²) in [6.07, 6.45) is 6.72. The van der Waals surface area contributed by atoms with Gasteiger partial charge in [0.25, 0.3) is 5.82 Å². The van der Waals surface area contributed by atoms with Crippen molar-refractivity contribution in [2.75, 3.05) is 25.0 Å². The Morgan fingerprint density at radius 3 is 3.11 bits per heavy atom. The van der Waals surface area contributed by atoms with E-state index in [0.29, 0.717) is 12.0 Å². The average Bonchev–Trinajstić information content (AvgIpc) is 2.80. The Kier molecular flexibility index (Phi) is 3.22. The third-order valence-electron chi connectivity index (χ3n) is 4.18. The summed E-state index contributed by atoms with van der Waals surface area (Å²) in [4.78, 5) is 11.0. The van der Waals surface area contributed by atoms with Gasteiger partial charge < -0.3 is 10.2 Å². The highest BCUT2D eigenvalue weighted by Crippen LogP contribution is 2.28. The first-order chi connectivity index (χ1) is 9.18. The lowest BCUT2D eigenvalue weighted by Crippen LogP contribution is -3.08. The van der Waals surface area contributed by atoms with E-state index in [-0.39, 0.29) is 0 Å². The molecule has 3 rings (SSSR count). The average molecular weight is 261 g/mol. The van der Waals surface area contributed by atoms with Crippen molar-refractivity contribution < 1.29 is 5.01 Å². The van der Waals surface area contributed by atoms with Crippen LogP contribution < -0.4 is 21.1 Å². The van der Waals surface area contributed by atoms with Crippen LogP contribution >= 0.6 is 0 Å². The minimum Gasteiger partial charge on any atom is -0.354 e. The van der Waals surface area contributed by atoms with Crippen molar-refractivity contribution in [2.45, 2.75) is 19.4 Å². The molecule has 1 unspecified atom stereocenters. The zero-order chi connectivity index (χ0) is 13.4. The van der Waals surface area contributed by atoms with Gasteiger partial charge in [-0.2, -0.15) is 15.8 Å². The lowest BCUT2D eigenvalue weighted by atomic mass is 9.93. The standard InChI is InChI=1S/C13H20N6/c1-9-3-5-15-7-11(9)18(2)12-10-4-6-19(14)13(10)17-8-16-12/h4,6,8-9,11,15H,3,5,7,14H2,1-2H3/p+1/t9-,11+/m1/s1. The van der Waals surface area contributed by atoms with Crippen molar-refractivity contribution in [1.82, 2.24) is 15.3 Å². The van der Waals surface area contributed by atoms with Crippen molar-refractivity contribution >= 4 is 17.7 Å². The van der Waals surface area contributed by atoms with Gasteiger partial charge in [-0.3, -0.25) is 0 Å². The Hall–Kier alpha value is -1.50. The molecule has 4 N–H and O–H groups in total. The number of aromatic nitrogens is 2. The number of nitrogens with two attached hydrogens (primary N) is 1. The molecule has 102 valence electrons. The predicted octanol–water partition coefficient (Wildman–Crippen LogP) is -0.715. The van der Waals surface area contributed by atoms with Crippen molar-refractivity contribution in [2.24, 2.45) is 11.8 Å². The van der Waals surface area contributed by atoms with Gasteiger partial charge in [-0.15, -0.1) is 0 Å². The molecule has 0 saturated carbocycles. The number of anilines is 1. The van der Waals surface area contributed by atoms with E-state index in [2.05, 4.69) is 34.2 Å². The molecule has 6 nitrogen and oxygen atoms in total. The number of nitrogen functional groups attached to an aromatic ring is 1. The van der Waals surface area contributed by atoms with Crippen LogP contribution in [0.5, 0.6) is 0 Å². The lowest BCUT2D eigenvalue weighted by molar-refractivity contribution is -0.787. The summed E-state index contributed by atoms with van der Waals surface area (Å²) in [5, 5.41) is 4.18. The number of hydrogen-bond donors (Lipinski definition) is 3. The Bertz CT molecular complexity index is 500. The highest BCUT2D eigenvalue weighted by atomic mass is 15.4. The Morgan fingerprint density at radius 2 is 2.32 bits per heavy atom. The van der Waals surface area contributed by atoms with E-state index in [1.165, 1.54) is 6.42 Å². The quantitative estimate of drug-likeness (QED) is 0.613. The van der Waals surface area contributed by atoms with Crippen LogP contribution in [0, 0.1) is 5.92 Å². The largest absolute Gasteiger partial charge is 0.354 e. The molecule has 2 aliphatic heterocycles. The van der Waals surface area contributed by atoms with E-state index in [4.69, 9.17) is 5.84 Å². The van der Waals surface area contributed by atoms with Crippen LogP contribution in [0.4, 0.5) is 11.6 Å². The summed E-state index contributed by atoms with van der Waals surface area (Å²) in [5.74, 6) is 8.42. The summed E-state index contributed by atoms with van der Waals surface area (Å²) in [6.45, 7) is 4.41. The first-order valence-electron chi connectivity index (χ1n) is 6.78. The molecule has 19 heavy (non-hydrogen) atoms. The molecule has 0 radical (unpaired) electrons. The van der Waals surface area contributed by atoms with Gasteiger partial charge in [0, 0.05) is 25.7 Å². The normalized spacial score (nSPS) is 29.3. The fraction of sp³-hybridized carbons (Fsp3) is 0.538. The molecule has 0 aromatic carbocycles. The van der Waals surface area contributed by atoms with Gasteiger partial charge in [0.2, 0.25) is 0 Å². The Balaban J connectivity index is 1.92. The number of nitrogens with zero attached hydrogens (tertiary/aromatic N) is 3. The van der Waals surface area contributed by atoms with Gasteiger partial charge in [-0.05, 0) is 18.9 Å². The zero-order valence-corrected chi connectivity index (χ0v) is 11.4. The Morgan fingerprint density at radius 1 is 1.47 bits per heavy atom. The first kappa shape index (κ1) is 12.5. The van der Waals surface area contributed by atoms with Crippen molar-refractivity contribution in [3.05, 3.63) is 18.1 Å². The fourth-order valence-corrected chi connectivity index (χ4v) is 2.95. The predicted molar refractivity (Wildman–Crippen MR) is 74.7 cm³/mol. The number of rotatable bonds is 2. The number of likely N-dealkylation sites (N-methyl/N-ethyl adjacent to an activating group) is 1. The van der Waals surface area contributed by atoms with E-state index in [0.717, 1.165) is 35.3 Å². The van der Waals surface area contributed by atoms with Crippen molar-refractivity contribution in [1.29, 1.82) is 0 Å². The summed E-state index contributed by atoms with van der Waals surface area (Å²) in [5.41, 5.74) is 1.04. The molecule has 6 heteroatoms. The van der Waals surface area contributed by atoms with Gasteiger partial charge in [0.1, 0.15) is 23.9 Å². The third-order valence-corrected chi connectivity index (χ3v) is 4.18. The van der Waals surface area contributed by atoms with Crippen LogP contribution in [0.1, 0.15) is 18.9 Å². The van der Waals surface area contributed by atoms with Gasteiger partial charge in [0.15, 0.2) is 0 Å². The maximum absolute atomic E-state index is 5.93. The minimum absolute atomic E-state index is 0.461. The second-order valence-electron chi connectivity index (χ2n) is 5.40. The highest BCUT2D eigenvalue weighted by Gasteiger charge is 2.30. The van der Waals surface area contributed by atoms with Gasteiger partial charge >= 0.3 is 0 Å². The zero-order valence-electron chi connectivity index (χ0n) is 11.4. The van der Waals surface area contributed by atoms with E-state index in [1.54, 1.807) is 6.33 Å². The Labute approximate surface area is 113 Å². The third kappa shape index (κ3) is 2.11. The van der Waals surface area contributed by atoms with E-state index < -0.39 is 0 Å². The van der Waals surface area contributed by atoms with Crippen LogP contribution in [0.2, 0.25) is 0 Å². The summed E-state index contributed by atoms with van der Waals surface area (Å²) in [7, 11) is 2.11. The molecule has 3 heterocycles. The molecular weight excluding hydrogens is 240 g/mol. The number of quaternary nitrogens is 1. The highest BCUT2D eigenvalue weighted by molar-refractivity contribution is 5.72. The minimum atomic E-state index is 0.461. The van der Waals surface area contributed by atoms with Crippen LogP contribution in [-0.2, 0) is 0 Å². The van der Waals surface area contributed by atoms with E-state index >= 15 is 0 Å². The smallest absolute Gasteiger partial charge is 0.262 e. The van der Waals surface area contributed by atoms with Gasteiger partial charge in [-0.25, -0.2) is 4.98 Å². The molecule has 1 fully saturated rings. The van der Waals surface area contributed by atoms with Crippen molar-refractivity contribution in [3.63, 3.8) is 0 Å². The van der Waals surface area contributed by atoms with Crippen molar-refractivity contribution in [3.8, 4) is 0 Å². The number of piperidine rings is 1. The van der Waals surface area contributed by atoms with Gasteiger partial charge in [-0.1, -0.05) is 6.92 Å². The monoisotopic (exact) mass is 261 g/mol. The molecule has 1 saturated heterocycles. The summed E-state index contributed by atoms with van der Waals surface area (Å²) >= 11 is 0. The molecule has 0 aliphatic carbocycles. The van der Waals surface area contributed by atoms with E-state index in [9.17, 15) is 0 Å². The number of hydrogen-bond acceptors (Lipinski definition) is 5. The maximum Gasteiger partial charge on any atom is 0.262 e. The maximum atomic E-state index is 5.93. The molecule has 0 amide bonds. The van der Waals surface area contributed by atoms with Crippen LogP contribution in [0.15, 0.2) is 12.5 Å². The first-order valence-corrected chi connectivity index (χ1v) is 6.78. The van der Waals surface area contributed by atoms with Crippen LogP contribution in [0.25, 0.3) is 6.08 Å². The SMILES string of the molecule is C[C@@H]1CCNC[C@@H]1N(C)c1ncnc2c1C=C[NH+]2N. The molecule has 3 atom stereocenters. The fourth-order valence-electron chi connectivity index (χ4n) is 2.95. The van der Waals surface area contributed by atoms with E-state index in [1.807, 2.05) is 12.3 Å². The molecule has 1 aromatic rings. The second-order valence-corrected chi connectivity index (χ2v) is 5.40. The van der Waals surface area contributed by atoms with Gasteiger partial charge in [0.05, 0.1) is 0 Å². The molecular formula is C13H21N6+. The summed E-state index contributed by atoms with van der Waals surface area (Å²) < 4.78 is 0. The molecule has 0 spiro atoms. The number of nitrogens with one attached hydrogen (secondary N) is 2. The molecule has 0 bridgehead atoms. The molecule has 2 aliphatic rings. The second kappa shape index (κ2) is 4.88. The molecule has 1 aromatic heterocycles. The number of fused-ring (bicyclic) bond motifs is 1. The summed E-state index contributed by atoms with van der Waals surface area (Å²) in [6, 6.07) is 0.461. The van der Waals surface area contributed by atoms with Crippen LogP contribution in [0.3, 0.4) is 0 Å². The van der Waals surface area contributed by atoms with Crippen LogP contribution in [-0.4, -0.2) is 36.1 Å². The topological polar surface area (TPSA) is 71.5 Å². The lowest BCUT2D eigenvalue weighted by Gasteiger charge is -2.37.